The summed E-state index contributed by atoms with van der Waals surface area (Å²) in [5, 5.41) is 2.89. The zero-order valence-electron chi connectivity index (χ0n) is 9.85. The molecular weight excluding hydrogens is 218 g/mol. The van der Waals surface area contributed by atoms with E-state index >= 15 is 0 Å². The second-order valence-corrected chi connectivity index (χ2v) is 4.23. The SMILES string of the molecule is CC(Oc1ccc(CN)nc1)C(=O)NC1CC1. The van der Waals surface area contributed by atoms with Gasteiger partial charge in [0.2, 0.25) is 0 Å². The summed E-state index contributed by atoms with van der Waals surface area (Å²) in [5.74, 6) is 0.510. The summed E-state index contributed by atoms with van der Waals surface area (Å²) >= 11 is 0. The van der Waals surface area contributed by atoms with Crippen molar-refractivity contribution in [3.8, 4) is 5.75 Å². The Kier molecular flexibility index (Phi) is 3.58. The maximum Gasteiger partial charge on any atom is 0.260 e. The molecule has 1 aliphatic carbocycles. The fraction of sp³-hybridized carbons (Fsp3) is 0.500. The van der Waals surface area contributed by atoms with Crippen molar-refractivity contribution in [1.82, 2.24) is 10.3 Å². The predicted molar refractivity (Wildman–Crippen MR) is 63.4 cm³/mol. The smallest absolute Gasteiger partial charge is 0.260 e. The van der Waals surface area contributed by atoms with E-state index in [1.54, 1.807) is 25.3 Å². The Bertz CT molecular complexity index is 387. The Morgan fingerprint density at radius 1 is 1.65 bits per heavy atom. The highest BCUT2D eigenvalue weighted by molar-refractivity contribution is 5.81. The quantitative estimate of drug-likeness (QED) is 0.783. The van der Waals surface area contributed by atoms with Crippen LogP contribution < -0.4 is 15.8 Å². The molecule has 0 saturated heterocycles. The molecule has 1 aromatic rings. The standard InChI is InChI=1S/C12H17N3O2/c1-8(12(16)15-9-2-3-9)17-11-5-4-10(6-13)14-7-11/h4-5,7-9H,2-3,6,13H2,1H3,(H,15,16). The molecular formula is C12H17N3O2. The van der Waals surface area contributed by atoms with Crippen LogP contribution in [0.4, 0.5) is 0 Å². The lowest BCUT2D eigenvalue weighted by molar-refractivity contribution is -0.127. The van der Waals surface area contributed by atoms with E-state index in [9.17, 15) is 4.79 Å². The molecule has 1 atom stereocenters. The summed E-state index contributed by atoms with van der Waals surface area (Å²) in [5.41, 5.74) is 6.24. The summed E-state index contributed by atoms with van der Waals surface area (Å²) in [6.45, 7) is 2.13. The molecule has 0 spiro atoms. The topological polar surface area (TPSA) is 77.2 Å². The lowest BCUT2D eigenvalue weighted by Gasteiger charge is -2.14. The van der Waals surface area contributed by atoms with Crippen molar-refractivity contribution >= 4 is 5.91 Å². The van der Waals surface area contributed by atoms with Crippen molar-refractivity contribution in [2.24, 2.45) is 5.73 Å². The molecule has 92 valence electrons. The highest BCUT2D eigenvalue weighted by Gasteiger charge is 2.26. The van der Waals surface area contributed by atoms with Crippen LogP contribution in [0, 0.1) is 0 Å². The molecule has 17 heavy (non-hydrogen) atoms. The number of hydrogen-bond donors (Lipinski definition) is 2. The third kappa shape index (κ3) is 3.42. The van der Waals surface area contributed by atoms with Crippen molar-refractivity contribution in [2.45, 2.75) is 38.5 Å². The molecule has 0 bridgehead atoms. The van der Waals surface area contributed by atoms with Gasteiger partial charge in [-0.2, -0.15) is 0 Å². The summed E-state index contributed by atoms with van der Waals surface area (Å²) in [7, 11) is 0. The van der Waals surface area contributed by atoms with Crippen molar-refractivity contribution in [1.29, 1.82) is 0 Å². The van der Waals surface area contributed by atoms with Gasteiger partial charge in [-0.1, -0.05) is 0 Å². The number of nitrogens with zero attached hydrogens (tertiary/aromatic N) is 1. The van der Waals surface area contributed by atoms with Crippen molar-refractivity contribution < 1.29 is 9.53 Å². The lowest BCUT2D eigenvalue weighted by atomic mass is 10.3. The maximum absolute atomic E-state index is 11.6. The van der Waals surface area contributed by atoms with E-state index in [0.29, 0.717) is 18.3 Å². The van der Waals surface area contributed by atoms with Gasteiger partial charge in [0.1, 0.15) is 5.75 Å². The van der Waals surface area contributed by atoms with Gasteiger partial charge in [-0.05, 0) is 31.9 Å². The lowest BCUT2D eigenvalue weighted by Crippen LogP contribution is -2.37. The second kappa shape index (κ2) is 5.14. The molecule has 1 heterocycles. The molecule has 1 saturated carbocycles. The van der Waals surface area contributed by atoms with Gasteiger partial charge in [0, 0.05) is 12.6 Å². The van der Waals surface area contributed by atoms with Gasteiger partial charge >= 0.3 is 0 Å². The molecule has 5 heteroatoms. The minimum atomic E-state index is -0.499. The molecule has 0 aromatic carbocycles. The Hall–Kier alpha value is -1.62. The van der Waals surface area contributed by atoms with Crippen LogP contribution in [0.15, 0.2) is 18.3 Å². The number of carbonyl (C=O) groups excluding carboxylic acids is 1. The zero-order chi connectivity index (χ0) is 12.3. The average molecular weight is 235 g/mol. The van der Waals surface area contributed by atoms with E-state index < -0.39 is 6.10 Å². The molecule has 1 fully saturated rings. The van der Waals surface area contributed by atoms with E-state index in [1.165, 1.54) is 0 Å². The van der Waals surface area contributed by atoms with Crippen LogP contribution in [0.3, 0.4) is 0 Å². The van der Waals surface area contributed by atoms with Gasteiger partial charge in [-0.3, -0.25) is 9.78 Å². The number of hydrogen-bond acceptors (Lipinski definition) is 4. The van der Waals surface area contributed by atoms with Crippen LogP contribution in [0.25, 0.3) is 0 Å². The van der Waals surface area contributed by atoms with E-state index in [0.717, 1.165) is 18.5 Å². The number of aromatic nitrogens is 1. The third-order valence-corrected chi connectivity index (χ3v) is 2.61. The van der Waals surface area contributed by atoms with Crippen LogP contribution in [0.1, 0.15) is 25.5 Å². The molecule has 2 rings (SSSR count). The number of rotatable bonds is 5. The Morgan fingerprint density at radius 3 is 2.94 bits per heavy atom. The fourth-order valence-corrected chi connectivity index (χ4v) is 1.41. The molecule has 5 nitrogen and oxygen atoms in total. The highest BCUT2D eigenvalue weighted by Crippen LogP contribution is 2.19. The first kappa shape index (κ1) is 11.9. The maximum atomic E-state index is 11.6. The zero-order valence-corrected chi connectivity index (χ0v) is 9.85. The number of pyridine rings is 1. The van der Waals surface area contributed by atoms with Crippen LogP contribution in [-0.4, -0.2) is 23.0 Å². The van der Waals surface area contributed by atoms with Gasteiger partial charge < -0.3 is 15.8 Å². The monoisotopic (exact) mass is 235 g/mol. The molecule has 3 N–H and O–H groups in total. The van der Waals surface area contributed by atoms with Crippen molar-refractivity contribution in [3.05, 3.63) is 24.0 Å². The largest absolute Gasteiger partial charge is 0.479 e. The predicted octanol–water partition coefficient (Wildman–Crippen LogP) is 0.586. The van der Waals surface area contributed by atoms with E-state index in [-0.39, 0.29) is 5.91 Å². The molecule has 1 aromatic heterocycles. The Morgan fingerprint density at radius 2 is 2.41 bits per heavy atom. The normalized spacial score (nSPS) is 16.4. The first-order chi connectivity index (χ1) is 8.19. The van der Waals surface area contributed by atoms with E-state index in [2.05, 4.69) is 10.3 Å². The van der Waals surface area contributed by atoms with Gasteiger partial charge in [0.15, 0.2) is 6.10 Å². The minimum Gasteiger partial charge on any atom is -0.479 e. The fourth-order valence-electron chi connectivity index (χ4n) is 1.41. The molecule has 0 radical (unpaired) electrons. The second-order valence-electron chi connectivity index (χ2n) is 4.23. The van der Waals surface area contributed by atoms with E-state index in [1.807, 2.05) is 0 Å². The summed E-state index contributed by atoms with van der Waals surface area (Å²) in [4.78, 5) is 15.7. The Labute approximate surface area is 100 Å². The summed E-state index contributed by atoms with van der Waals surface area (Å²) < 4.78 is 5.49. The molecule has 1 amide bonds. The number of ether oxygens (including phenoxy) is 1. The summed E-state index contributed by atoms with van der Waals surface area (Å²) in [6.07, 6.45) is 3.24. The van der Waals surface area contributed by atoms with Gasteiger partial charge in [0.05, 0.1) is 11.9 Å². The van der Waals surface area contributed by atoms with Crippen LogP contribution in [0.2, 0.25) is 0 Å². The van der Waals surface area contributed by atoms with Crippen LogP contribution >= 0.6 is 0 Å². The van der Waals surface area contributed by atoms with Gasteiger partial charge in [-0.15, -0.1) is 0 Å². The highest BCUT2D eigenvalue weighted by atomic mass is 16.5. The molecule has 0 aliphatic heterocycles. The van der Waals surface area contributed by atoms with Crippen molar-refractivity contribution in [3.63, 3.8) is 0 Å². The average Bonchev–Trinajstić information content (AvgIpc) is 3.14. The minimum absolute atomic E-state index is 0.0737. The Balaban J connectivity index is 1.87. The van der Waals surface area contributed by atoms with E-state index in [4.69, 9.17) is 10.5 Å². The third-order valence-electron chi connectivity index (χ3n) is 2.61. The number of nitrogens with two attached hydrogens (primary N) is 1. The van der Waals surface area contributed by atoms with Gasteiger partial charge in [0.25, 0.3) is 5.91 Å². The van der Waals surface area contributed by atoms with Gasteiger partial charge in [-0.25, -0.2) is 0 Å². The van der Waals surface area contributed by atoms with Crippen LogP contribution in [0.5, 0.6) is 5.75 Å². The first-order valence-corrected chi connectivity index (χ1v) is 5.81. The number of amides is 1. The summed E-state index contributed by atoms with van der Waals surface area (Å²) in [6, 6.07) is 3.92. The molecule has 1 aliphatic rings. The van der Waals surface area contributed by atoms with Crippen LogP contribution in [-0.2, 0) is 11.3 Å². The molecule has 1 unspecified atom stereocenters. The van der Waals surface area contributed by atoms with Crippen molar-refractivity contribution in [2.75, 3.05) is 0 Å². The number of nitrogens with one attached hydrogen (secondary N) is 1. The number of carbonyl (C=O) groups is 1. The first-order valence-electron chi connectivity index (χ1n) is 5.81.